The molecule has 0 aliphatic carbocycles. The first-order valence-corrected chi connectivity index (χ1v) is 4.85. The lowest BCUT2D eigenvalue weighted by Gasteiger charge is -2.01. The van der Waals surface area contributed by atoms with E-state index in [1.165, 1.54) is 18.2 Å². The van der Waals surface area contributed by atoms with Crippen LogP contribution in [0.4, 0.5) is 4.39 Å². The van der Waals surface area contributed by atoms with E-state index < -0.39 is 5.97 Å². The Morgan fingerprint density at radius 1 is 1.62 bits per heavy atom. The first-order chi connectivity index (χ1) is 6.15. The van der Waals surface area contributed by atoms with Crippen molar-refractivity contribution in [2.45, 2.75) is 6.92 Å². The predicted molar refractivity (Wildman–Crippen MR) is 55.1 cm³/mol. The van der Waals surface area contributed by atoms with Crippen molar-refractivity contribution in [3.63, 3.8) is 0 Å². The van der Waals surface area contributed by atoms with Crippen molar-refractivity contribution in [1.82, 2.24) is 0 Å². The van der Waals surface area contributed by atoms with E-state index in [1.54, 1.807) is 6.92 Å². The van der Waals surface area contributed by atoms with Crippen LogP contribution in [0.25, 0.3) is 0 Å². The molecule has 1 aromatic carbocycles. The van der Waals surface area contributed by atoms with Crippen LogP contribution in [0.1, 0.15) is 17.3 Å². The van der Waals surface area contributed by atoms with Crippen LogP contribution in [0.15, 0.2) is 18.2 Å². The number of esters is 1. The molecule has 0 saturated heterocycles. The summed E-state index contributed by atoms with van der Waals surface area (Å²) in [6.45, 7) is 2.05. The smallest absolute Gasteiger partial charge is 0.338 e. The zero-order chi connectivity index (χ0) is 9.84. The second-order valence-electron chi connectivity index (χ2n) is 2.35. The van der Waals surface area contributed by atoms with E-state index in [0.29, 0.717) is 15.7 Å². The Bertz CT molecular complexity index is 325. The van der Waals surface area contributed by atoms with E-state index in [4.69, 9.17) is 4.74 Å². The molecule has 0 heterocycles. The Hall–Kier alpha value is -0.650. The first kappa shape index (κ1) is 10.4. The van der Waals surface area contributed by atoms with Gasteiger partial charge in [-0.15, -0.1) is 0 Å². The van der Waals surface area contributed by atoms with Gasteiger partial charge in [-0.3, -0.25) is 0 Å². The number of ether oxygens (including phenoxy) is 1. The molecule has 0 amide bonds. The fourth-order valence-electron chi connectivity index (χ4n) is 0.838. The molecule has 0 radical (unpaired) electrons. The van der Waals surface area contributed by atoms with Crippen LogP contribution in [-0.4, -0.2) is 12.6 Å². The highest BCUT2D eigenvalue weighted by molar-refractivity contribution is 14.1. The third kappa shape index (κ3) is 2.65. The molecule has 0 aliphatic heterocycles. The van der Waals surface area contributed by atoms with Crippen LogP contribution >= 0.6 is 22.6 Å². The molecular weight excluding hydrogens is 286 g/mol. The van der Waals surface area contributed by atoms with Gasteiger partial charge in [0.1, 0.15) is 5.82 Å². The van der Waals surface area contributed by atoms with Gasteiger partial charge in [-0.25, -0.2) is 9.18 Å². The monoisotopic (exact) mass is 294 g/mol. The molecule has 0 atom stereocenters. The minimum Gasteiger partial charge on any atom is -0.462 e. The van der Waals surface area contributed by atoms with E-state index >= 15 is 0 Å². The highest BCUT2D eigenvalue weighted by Gasteiger charge is 2.08. The second-order valence-corrected chi connectivity index (χ2v) is 3.51. The fourth-order valence-corrected chi connectivity index (χ4v) is 1.35. The molecule has 4 heteroatoms. The quantitative estimate of drug-likeness (QED) is 0.619. The zero-order valence-electron chi connectivity index (χ0n) is 7.01. The topological polar surface area (TPSA) is 26.3 Å². The van der Waals surface area contributed by atoms with Crippen LogP contribution in [0.5, 0.6) is 0 Å². The van der Waals surface area contributed by atoms with Gasteiger partial charge in [0.15, 0.2) is 0 Å². The Kier molecular flexibility index (Phi) is 3.65. The van der Waals surface area contributed by atoms with Crippen LogP contribution in [0.3, 0.4) is 0 Å². The van der Waals surface area contributed by atoms with Crippen molar-refractivity contribution in [1.29, 1.82) is 0 Å². The number of halogens is 2. The molecule has 0 bridgehead atoms. The van der Waals surface area contributed by atoms with Gasteiger partial charge in [-0.2, -0.15) is 0 Å². The lowest BCUT2D eigenvalue weighted by Crippen LogP contribution is -2.05. The van der Waals surface area contributed by atoms with Crippen molar-refractivity contribution in [3.8, 4) is 0 Å². The van der Waals surface area contributed by atoms with Crippen molar-refractivity contribution < 1.29 is 13.9 Å². The molecule has 0 aliphatic rings. The summed E-state index contributed by atoms with van der Waals surface area (Å²) in [4.78, 5) is 11.2. The molecule has 0 aromatic heterocycles. The van der Waals surface area contributed by atoms with Crippen molar-refractivity contribution in [3.05, 3.63) is 33.1 Å². The molecule has 13 heavy (non-hydrogen) atoms. The Labute approximate surface area is 89.2 Å². The summed E-state index contributed by atoms with van der Waals surface area (Å²) in [6, 6.07) is 4.14. The second kappa shape index (κ2) is 4.55. The van der Waals surface area contributed by atoms with Gasteiger partial charge in [0.25, 0.3) is 0 Å². The number of hydrogen-bond donors (Lipinski definition) is 0. The van der Waals surface area contributed by atoms with Gasteiger partial charge in [-0.05, 0) is 47.7 Å². The van der Waals surface area contributed by atoms with E-state index in [9.17, 15) is 9.18 Å². The summed E-state index contributed by atoms with van der Waals surface area (Å²) in [6.07, 6.45) is 0. The van der Waals surface area contributed by atoms with Crippen molar-refractivity contribution in [2.75, 3.05) is 6.61 Å². The fraction of sp³-hybridized carbons (Fsp3) is 0.222. The normalized spacial score (nSPS) is 9.77. The highest BCUT2D eigenvalue weighted by atomic mass is 127. The maximum Gasteiger partial charge on any atom is 0.338 e. The SMILES string of the molecule is CCOC(=O)c1ccc(F)c(I)c1. The molecule has 0 unspecified atom stereocenters. The van der Waals surface area contributed by atoms with Gasteiger partial charge in [-0.1, -0.05) is 0 Å². The summed E-state index contributed by atoms with van der Waals surface area (Å²) >= 11 is 1.83. The summed E-state index contributed by atoms with van der Waals surface area (Å²) in [5, 5.41) is 0. The van der Waals surface area contributed by atoms with Crippen molar-refractivity contribution in [2.24, 2.45) is 0 Å². The van der Waals surface area contributed by atoms with E-state index in [0.717, 1.165) is 0 Å². The Morgan fingerprint density at radius 3 is 2.85 bits per heavy atom. The molecule has 1 rings (SSSR count). The summed E-state index contributed by atoms with van der Waals surface area (Å²) in [5.74, 6) is -0.742. The van der Waals surface area contributed by atoms with Crippen LogP contribution in [-0.2, 0) is 4.74 Å². The summed E-state index contributed by atoms with van der Waals surface area (Å²) in [7, 11) is 0. The predicted octanol–water partition coefficient (Wildman–Crippen LogP) is 2.61. The molecule has 0 spiro atoms. The van der Waals surface area contributed by atoms with E-state index in [-0.39, 0.29) is 5.82 Å². The zero-order valence-corrected chi connectivity index (χ0v) is 9.17. The number of hydrogen-bond acceptors (Lipinski definition) is 2. The lowest BCUT2D eigenvalue weighted by molar-refractivity contribution is 0.0526. The highest BCUT2D eigenvalue weighted by Crippen LogP contribution is 2.13. The van der Waals surface area contributed by atoms with Gasteiger partial charge in [0, 0.05) is 3.57 Å². The molecule has 0 saturated carbocycles. The molecule has 70 valence electrons. The van der Waals surface area contributed by atoms with Gasteiger partial charge >= 0.3 is 5.97 Å². The average Bonchev–Trinajstić information content (AvgIpc) is 2.10. The third-order valence-corrected chi connectivity index (χ3v) is 2.26. The summed E-state index contributed by atoms with van der Waals surface area (Å²) in [5.41, 5.74) is 0.382. The minimum absolute atomic E-state index is 0.325. The molecule has 1 aromatic rings. The maximum atomic E-state index is 12.8. The number of rotatable bonds is 2. The minimum atomic E-state index is -0.416. The standard InChI is InChI=1S/C9H8FIO2/c1-2-13-9(12)6-3-4-7(10)8(11)5-6/h3-5H,2H2,1H3. The van der Waals surface area contributed by atoms with Crippen molar-refractivity contribution >= 4 is 28.6 Å². The van der Waals surface area contributed by atoms with E-state index in [1.807, 2.05) is 22.6 Å². The van der Waals surface area contributed by atoms with E-state index in [2.05, 4.69) is 0 Å². The van der Waals surface area contributed by atoms with Crippen LogP contribution in [0, 0.1) is 9.39 Å². The first-order valence-electron chi connectivity index (χ1n) is 3.77. The molecular formula is C9H8FIO2. The summed E-state index contributed by atoms with van der Waals surface area (Å²) < 4.78 is 18.0. The van der Waals surface area contributed by atoms with Gasteiger partial charge in [0.05, 0.1) is 12.2 Å². The largest absolute Gasteiger partial charge is 0.462 e. The van der Waals surface area contributed by atoms with Crippen LogP contribution in [0.2, 0.25) is 0 Å². The number of carbonyl (C=O) groups is 1. The number of benzene rings is 1. The molecule has 0 N–H and O–H groups in total. The van der Waals surface area contributed by atoms with Gasteiger partial charge < -0.3 is 4.74 Å². The molecule has 2 nitrogen and oxygen atoms in total. The third-order valence-electron chi connectivity index (χ3n) is 1.43. The van der Waals surface area contributed by atoms with Crippen LogP contribution < -0.4 is 0 Å². The van der Waals surface area contributed by atoms with Gasteiger partial charge in [0.2, 0.25) is 0 Å². The Morgan fingerprint density at radius 2 is 2.31 bits per heavy atom. The lowest BCUT2D eigenvalue weighted by atomic mass is 10.2. The molecule has 0 fully saturated rings. The average molecular weight is 294 g/mol. The Balaban J connectivity index is 2.90. The number of carbonyl (C=O) groups excluding carboxylic acids is 1. The maximum absolute atomic E-state index is 12.8.